The Morgan fingerprint density at radius 3 is 2.88 bits per heavy atom. The van der Waals surface area contributed by atoms with Gasteiger partial charge in [-0.1, -0.05) is 20.3 Å². The number of rotatable bonds is 6. The van der Waals surface area contributed by atoms with Crippen LogP contribution in [0, 0.1) is 5.92 Å². The minimum Gasteiger partial charge on any atom is -0.369 e. The van der Waals surface area contributed by atoms with Crippen LogP contribution in [0.15, 0.2) is 0 Å². The quantitative estimate of drug-likeness (QED) is 0.697. The van der Waals surface area contributed by atoms with Gasteiger partial charge in [0.1, 0.15) is 0 Å². The lowest BCUT2D eigenvalue weighted by Crippen LogP contribution is -2.52. The van der Waals surface area contributed by atoms with Crippen LogP contribution in [0.2, 0.25) is 0 Å². The standard InChI is InChI=1S/C12H25N3O/c1-3-4-7-15(9-12(13)16)11-8-14-6-5-10(11)2/h10-11,14H,3-9H2,1-2H3,(H2,13,16). The van der Waals surface area contributed by atoms with Crippen molar-refractivity contribution < 1.29 is 4.79 Å². The summed E-state index contributed by atoms with van der Waals surface area (Å²) in [7, 11) is 0. The summed E-state index contributed by atoms with van der Waals surface area (Å²) in [5.74, 6) is 0.436. The summed E-state index contributed by atoms with van der Waals surface area (Å²) in [4.78, 5) is 13.3. The molecule has 1 rings (SSSR count). The van der Waals surface area contributed by atoms with Crippen molar-refractivity contribution in [2.24, 2.45) is 11.7 Å². The molecule has 1 amide bonds. The Labute approximate surface area is 98.6 Å². The van der Waals surface area contributed by atoms with Gasteiger partial charge in [0, 0.05) is 12.6 Å². The van der Waals surface area contributed by atoms with E-state index in [2.05, 4.69) is 24.1 Å². The summed E-state index contributed by atoms with van der Waals surface area (Å²) in [6.45, 7) is 7.90. The number of hydrogen-bond donors (Lipinski definition) is 2. The van der Waals surface area contributed by atoms with E-state index in [9.17, 15) is 4.79 Å². The zero-order valence-electron chi connectivity index (χ0n) is 10.5. The predicted octanol–water partition coefficient (Wildman–Crippen LogP) is 0.572. The van der Waals surface area contributed by atoms with E-state index in [-0.39, 0.29) is 5.91 Å². The van der Waals surface area contributed by atoms with Crippen LogP contribution >= 0.6 is 0 Å². The summed E-state index contributed by atoms with van der Waals surface area (Å²) in [5, 5.41) is 3.40. The second-order valence-electron chi connectivity index (χ2n) is 4.83. The molecule has 0 aromatic rings. The first-order chi connectivity index (χ1) is 7.65. The Bertz CT molecular complexity index is 220. The highest BCUT2D eigenvalue weighted by atomic mass is 16.1. The van der Waals surface area contributed by atoms with E-state index in [0.29, 0.717) is 18.5 Å². The number of hydrogen-bond acceptors (Lipinski definition) is 3. The summed E-state index contributed by atoms with van der Waals surface area (Å²) < 4.78 is 0. The topological polar surface area (TPSA) is 58.4 Å². The van der Waals surface area contributed by atoms with Gasteiger partial charge in [-0.2, -0.15) is 0 Å². The first-order valence-corrected chi connectivity index (χ1v) is 6.38. The summed E-state index contributed by atoms with van der Waals surface area (Å²) in [6.07, 6.45) is 3.48. The molecule has 1 aliphatic heterocycles. The number of unbranched alkanes of at least 4 members (excludes halogenated alkanes) is 1. The van der Waals surface area contributed by atoms with Gasteiger partial charge in [0.05, 0.1) is 6.54 Å². The van der Waals surface area contributed by atoms with Crippen LogP contribution in [-0.2, 0) is 4.79 Å². The average Bonchev–Trinajstić information content (AvgIpc) is 2.24. The number of carbonyl (C=O) groups excluding carboxylic acids is 1. The molecule has 1 fully saturated rings. The highest BCUT2D eigenvalue weighted by molar-refractivity contribution is 5.75. The predicted molar refractivity (Wildman–Crippen MR) is 66.1 cm³/mol. The molecule has 2 atom stereocenters. The number of carbonyl (C=O) groups is 1. The van der Waals surface area contributed by atoms with Gasteiger partial charge in [0.15, 0.2) is 0 Å². The van der Waals surface area contributed by atoms with Crippen molar-refractivity contribution in [2.75, 3.05) is 26.2 Å². The Morgan fingerprint density at radius 2 is 2.31 bits per heavy atom. The molecule has 0 aliphatic carbocycles. The maximum Gasteiger partial charge on any atom is 0.231 e. The van der Waals surface area contributed by atoms with Crippen molar-refractivity contribution in [2.45, 2.75) is 39.2 Å². The molecule has 16 heavy (non-hydrogen) atoms. The largest absolute Gasteiger partial charge is 0.369 e. The molecular weight excluding hydrogens is 202 g/mol. The van der Waals surface area contributed by atoms with E-state index < -0.39 is 0 Å². The average molecular weight is 227 g/mol. The van der Waals surface area contributed by atoms with Crippen LogP contribution in [-0.4, -0.2) is 43.0 Å². The normalized spacial score (nSPS) is 25.9. The van der Waals surface area contributed by atoms with Crippen molar-refractivity contribution in [1.82, 2.24) is 10.2 Å². The molecular formula is C12H25N3O. The molecule has 1 heterocycles. The molecule has 0 aromatic carbocycles. The first-order valence-electron chi connectivity index (χ1n) is 6.38. The molecule has 0 bridgehead atoms. The lowest BCUT2D eigenvalue weighted by atomic mass is 9.93. The first kappa shape index (κ1) is 13.5. The van der Waals surface area contributed by atoms with Crippen LogP contribution in [0.3, 0.4) is 0 Å². The number of amides is 1. The maximum absolute atomic E-state index is 11.1. The van der Waals surface area contributed by atoms with Crippen molar-refractivity contribution in [1.29, 1.82) is 0 Å². The SMILES string of the molecule is CCCCN(CC(N)=O)C1CNCCC1C. The Morgan fingerprint density at radius 1 is 1.56 bits per heavy atom. The van der Waals surface area contributed by atoms with E-state index >= 15 is 0 Å². The summed E-state index contributed by atoms with van der Waals surface area (Å²) in [5.41, 5.74) is 5.32. The van der Waals surface area contributed by atoms with E-state index in [1.807, 2.05) is 0 Å². The zero-order chi connectivity index (χ0) is 12.0. The fourth-order valence-electron chi connectivity index (χ4n) is 2.39. The maximum atomic E-state index is 11.1. The molecule has 0 saturated carbocycles. The molecule has 0 aromatic heterocycles. The second kappa shape index (κ2) is 6.86. The van der Waals surface area contributed by atoms with Crippen LogP contribution in [0.1, 0.15) is 33.1 Å². The monoisotopic (exact) mass is 227 g/mol. The lowest BCUT2D eigenvalue weighted by Gasteiger charge is -2.38. The number of nitrogens with two attached hydrogens (primary N) is 1. The summed E-state index contributed by atoms with van der Waals surface area (Å²) >= 11 is 0. The molecule has 4 nitrogen and oxygen atoms in total. The van der Waals surface area contributed by atoms with Crippen LogP contribution < -0.4 is 11.1 Å². The van der Waals surface area contributed by atoms with Crippen LogP contribution in [0.25, 0.3) is 0 Å². The third-order valence-electron chi connectivity index (χ3n) is 3.41. The number of nitrogens with one attached hydrogen (secondary N) is 1. The second-order valence-corrected chi connectivity index (χ2v) is 4.83. The molecule has 1 aliphatic rings. The lowest BCUT2D eigenvalue weighted by molar-refractivity contribution is -0.120. The van der Waals surface area contributed by atoms with Crippen molar-refractivity contribution in [3.63, 3.8) is 0 Å². The van der Waals surface area contributed by atoms with Crippen molar-refractivity contribution >= 4 is 5.91 Å². The highest BCUT2D eigenvalue weighted by Crippen LogP contribution is 2.17. The third kappa shape index (κ3) is 4.10. The van der Waals surface area contributed by atoms with Gasteiger partial charge >= 0.3 is 0 Å². The summed E-state index contributed by atoms with van der Waals surface area (Å²) in [6, 6.07) is 0.466. The number of nitrogens with zero attached hydrogens (tertiary/aromatic N) is 1. The Balaban J connectivity index is 2.54. The fraction of sp³-hybridized carbons (Fsp3) is 0.917. The van der Waals surface area contributed by atoms with Gasteiger partial charge in [-0.05, 0) is 31.8 Å². The van der Waals surface area contributed by atoms with E-state index in [4.69, 9.17) is 5.73 Å². The molecule has 4 heteroatoms. The fourth-order valence-corrected chi connectivity index (χ4v) is 2.39. The molecule has 94 valence electrons. The number of primary amides is 1. The zero-order valence-corrected chi connectivity index (χ0v) is 10.5. The molecule has 0 spiro atoms. The van der Waals surface area contributed by atoms with Crippen molar-refractivity contribution in [3.05, 3.63) is 0 Å². The molecule has 0 radical (unpaired) electrons. The van der Waals surface area contributed by atoms with E-state index in [1.165, 1.54) is 6.42 Å². The van der Waals surface area contributed by atoms with E-state index in [1.54, 1.807) is 0 Å². The third-order valence-corrected chi connectivity index (χ3v) is 3.41. The van der Waals surface area contributed by atoms with Gasteiger partial charge in [-0.3, -0.25) is 9.69 Å². The molecule has 3 N–H and O–H groups in total. The van der Waals surface area contributed by atoms with Gasteiger partial charge < -0.3 is 11.1 Å². The van der Waals surface area contributed by atoms with Gasteiger partial charge in [0.25, 0.3) is 0 Å². The Kier molecular flexibility index (Phi) is 5.77. The highest BCUT2D eigenvalue weighted by Gasteiger charge is 2.27. The minimum absolute atomic E-state index is 0.214. The van der Waals surface area contributed by atoms with Gasteiger partial charge in [0.2, 0.25) is 5.91 Å². The minimum atomic E-state index is -0.214. The Hall–Kier alpha value is -0.610. The van der Waals surface area contributed by atoms with Crippen molar-refractivity contribution in [3.8, 4) is 0 Å². The van der Waals surface area contributed by atoms with Crippen LogP contribution in [0.5, 0.6) is 0 Å². The van der Waals surface area contributed by atoms with E-state index in [0.717, 1.165) is 32.5 Å². The van der Waals surface area contributed by atoms with Gasteiger partial charge in [-0.15, -0.1) is 0 Å². The van der Waals surface area contributed by atoms with Gasteiger partial charge in [-0.25, -0.2) is 0 Å². The molecule has 2 unspecified atom stereocenters. The van der Waals surface area contributed by atoms with Crippen LogP contribution in [0.4, 0.5) is 0 Å². The smallest absolute Gasteiger partial charge is 0.231 e. The number of piperidine rings is 1. The molecule has 1 saturated heterocycles.